The van der Waals surface area contributed by atoms with E-state index >= 15 is 0 Å². The van der Waals surface area contributed by atoms with Gasteiger partial charge in [0.25, 0.3) is 0 Å². The van der Waals surface area contributed by atoms with Crippen LogP contribution in [0.2, 0.25) is 0 Å². The number of imide groups is 1. The smallest absolute Gasteiger partial charge is 0.416 e. The summed E-state index contributed by atoms with van der Waals surface area (Å²) in [6, 6.07) is 29.8. The van der Waals surface area contributed by atoms with Crippen LogP contribution in [0.4, 0.5) is 4.79 Å². The second-order valence-corrected chi connectivity index (χ2v) is 8.77. The van der Waals surface area contributed by atoms with E-state index in [-0.39, 0.29) is 24.6 Å². The summed E-state index contributed by atoms with van der Waals surface area (Å²) >= 11 is 0. The predicted octanol–water partition coefficient (Wildman–Crippen LogP) is 4.61. The van der Waals surface area contributed by atoms with Crippen LogP contribution in [0.15, 0.2) is 91.0 Å². The van der Waals surface area contributed by atoms with Gasteiger partial charge < -0.3 is 14.8 Å². The van der Waals surface area contributed by atoms with E-state index in [0.717, 1.165) is 16.7 Å². The first-order chi connectivity index (χ1) is 17.2. The molecule has 3 aromatic carbocycles. The van der Waals surface area contributed by atoms with Crippen LogP contribution in [0, 0.1) is 5.92 Å². The molecule has 0 bridgehead atoms. The maximum Gasteiger partial charge on any atom is 0.416 e. The van der Waals surface area contributed by atoms with E-state index < -0.39 is 12.0 Å². The first-order valence-electron chi connectivity index (χ1n) is 12.0. The SMILES string of the molecule is COCC[C@H](CNC(c1ccccc1)c1ccccc1)C(=O)N1C(=O)OC[C@@H]1Cc1ccccc1. The van der Waals surface area contributed by atoms with Gasteiger partial charge in [0.15, 0.2) is 0 Å². The maximum absolute atomic E-state index is 13.7. The summed E-state index contributed by atoms with van der Waals surface area (Å²) in [5, 5.41) is 3.59. The molecule has 0 saturated carbocycles. The summed E-state index contributed by atoms with van der Waals surface area (Å²) in [6.45, 7) is 1.03. The van der Waals surface area contributed by atoms with Crippen LogP contribution in [0.1, 0.15) is 29.2 Å². The summed E-state index contributed by atoms with van der Waals surface area (Å²) in [5.74, 6) is -0.661. The lowest BCUT2D eigenvalue weighted by atomic mass is 9.96. The topological polar surface area (TPSA) is 67.9 Å². The molecule has 1 aliphatic heterocycles. The highest BCUT2D eigenvalue weighted by molar-refractivity contribution is 5.95. The van der Waals surface area contributed by atoms with Gasteiger partial charge in [-0.2, -0.15) is 0 Å². The number of ether oxygens (including phenoxy) is 2. The Labute approximate surface area is 206 Å². The molecule has 182 valence electrons. The highest BCUT2D eigenvalue weighted by atomic mass is 16.6. The fraction of sp³-hybridized carbons (Fsp3) is 0.310. The second kappa shape index (κ2) is 12.3. The van der Waals surface area contributed by atoms with Crippen molar-refractivity contribution in [2.24, 2.45) is 5.92 Å². The van der Waals surface area contributed by atoms with Gasteiger partial charge >= 0.3 is 6.09 Å². The number of rotatable bonds is 11. The normalized spacial score (nSPS) is 16.3. The van der Waals surface area contributed by atoms with E-state index in [1.807, 2.05) is 66.7 Å². The van der Waals surface area contributed by atoms with E-state index in [0.29, 0.717) is 26.0 Å². The van der Waals surface area contributed by atoms with E-state index in [2.05, 4.69) is 29.6 Å². The third kappa shape index (κ3) is 6.35. The van der Waals surface area contributed by atoms with Crippen LogP contribution in [-0.2, 0) is 20.7 Å². The minimum absolute atomic E-state index is 0.0825. The zero-order chi connectivity index (χ0) is 24.5. The van der Waals surface area contributed by atoms with Gasteiger partial charge in [0.1, 0.15) is 6.61 Å². The van der Waals surface area contributed by atoms with Gasteiger partial charge in [-0.25, -0.2) is 9.69 Å². The van der Waals surface area contributed by atoms with Crippen LogP contribution >= 0.6 is 0 Å². The number of amides is 2. The number of cyclic esters (lactones) is 1. The lowest BCUT2D eigenvalue weighted by Gasteiger charge is -2.27. The van der Waals surface area contributed by atoms with Crippen molar-refractivity contribution in [3.63, 3.8) is 0 Å². The summed E-state index contributed by atoms with van der Waals surface area (Å²) in [4.78, 5) is 27.6. The highest BCUT2D eigenvalue weighted by Crippen LogP contribution is 2.25. The molecule has 0 unspecified atom stereocenters. The molecule has 0 aromatic heterocycles. The molecule has 4 rings (SSSR count). The summed E-state index contributed by atoms with van der Waals surface area (Å²) < 4.78 is 10.6. The second-order valence-electron chi connectivity index (χ2n) is 8.77. The first-order valence-corrected chi connectivity index (χ1v) is 12.0. The van der Waals surface area contributed by atoms with Gasteiger partial charge in [-0.15, -0.1) is 0 Å². The molecule has 6 heteroatoms. The number of benzene rings is 3. The number of nitrogens with zero attached hydrogens (tertiary/aromatic N) is 1. The summed E-state index contributed by atoms with van der Waals surface area (Å²) in [5.41, 5.74) is 3.28. The standard InChI is InChI=1S/C29H32N2O4/c1-34-18-17-25(20-30-27(23-13-7-3-8-14-23)24-15-9-4-10-16-24)28(32)31-26(21-35-29(31)33)19-22-11-5-2-6-12-22/h2-16,25-27,30H,17-21H2,1H3/t25-,26+/m1/s1. The molecule has 3 aromatic rings. The lowest BCUT2D eigenvalue weighted by molar-refractivity contribution is -0.133. The average molecular weight is 473 g/mol. The van der Waals surface area contributed by atoms with Crippen LogP contribution in [0.25, 0.3) is 0 Å². The third-order valence-electron chi connectivity index (χ3n) is 6.37. The Balaban J connectivity index is 1.52. The number of hydrogen-bond acceptors (Lipinski definition) is 5. The first kappa shape index (κ1) is 24.6. The molecule has 1 saturated heterocycles. The largest absolute Gasteiger partial charge is 0.447 e. The van der Waals surface area contributed by atoms with Crippen molar-refractivity contribution in [3.05, 3.63) is 108 Å². The third-order valence-corrected chi connectivity index (χ3v) is 6.37. The Bertz CT molecular complexity index is 1040. The fourth-order valence-corrected chi connectivity index (χ4v) is 4.52. The molecule has 1 N–H and O–H groups in total. The monoisotopic (exact) mass is 472 g/mol. The van der Waals surface area contributed by atoms with Gasteiger partial charge in [0.05, 0.1) is 18.0 Å². The van der Waals surface area contributed by atoms with Gasteiger partial charge in [-0.3, -0.25) is 4.79 Å². The Kier molecular flexibility index (Phi) is 8.65. The number of carbonyl (C=O) groups is 2. The van der Waals surface area contributed by atoms with Gasteiger partial charge in [0, 0.05) is 20.3 Å². The molecule has 0 aliphatic carbocycles. The molecule has 6 nitrogen and oxygen atoms in total. The van der Waals surface area contributed by atoms with Crippen LogP contribution in [0.3, 0.4) is 0 Å². The Morgan fingerprint density at radius 2 is 1.54 bits per heavy atom. The van der Waals surface area contributed by atoms with E-state index in [1.165, 1.54) is 4.90 Å². The van der Waals surface area contributed by atoms with Gasteiger partial charge in [-0.1, -0.05) is 91.0 Å². The van der Waals surface area contributed by atoms with Crippen molar-refractivity contribution in [2.75, 3.05) is 26.9 Å². The number of nitrogens with one attached hydrogen (secondary N) is 1. The van der Waals surface area contributed by atoms with Crippen molar-refractivity contribution in [3.8, 4) is 0 Å². The van der Waals surface area contributed by atoms with Crippen molar-refractivity contribution in [1.82, 2.24) is 10.2 Å². The van der Waals surface area contributed by atoms with Gasteiger partial charge in [-0.05, 0) is 29.5 Å². The molecule has 0 radical (unpaired) electrons. The minimum atomic E-state index is -0.569. The van der Waals surface area contributed by atoms with Gasteiger partial charge in [0.2, 0.25) is 5.91 Å². The quantitative estimate of drug-likeness (QED) is 0.442. The minimum Gasteiger partial charge on any atom is -0.447 e. The number of carbonyl (C=O) groups excluding carboxylic acids is 2. The lowest BCUT2D eigenvalue weighted by Crippen LogP contribution is -2.46. The Morgan fingerprint density at radius 3 is 2.11 bits per heavy atom. The molecular weight excluding hydrogens is 440 g/mol. The molecule has 35 heavy (non-hydrogen) atoms. The molecule has 1 fully saturated rings. The maximum atomic E-state index is 13.7. The van der Waals surface area contributed by atoms with E-state index in [4.69, 9.17) is 9.47 Å². The van der Waals surface area contributed by atoms with E-state index in [1.54, 1.807) is 7.11 Å². The summed E-state index contributed by atoms with van der Waals surface area (Å²) in [6.07, 6.45) is 0.501. The highest BCUT2D eigenvalue weighted by Gasteiger charge is 2.40. The number of methoxy groups -OCH3 is 1. The summed E-state index contributed by atoms with van der Waals surface area (Å²) in [7, 11) is 1.62. The average Bonchev–Trinajstić information content (AvgIpc) is 3.27. The Hall–Kier alpha value is -3.48. The van der Waals surface area contributed by atoms with Crippen LogP contribution in [0.5, 0.6) is 0 Å². The van der Waals surface area contributed by atoms with Crippen molar-refractivity contribution >= 4 is 12.0 Å². The molecule has 1 heterocycles. The van der Waals surface area contributed by atoms with Crippen molar-refractivity contribution in [2.45, 2.75) is 24.9 Å². The van der Waals surface area contributed by atoms with Crippen molar-refractivity contribution in [1.29, 1.82) is 0 Å². The Morgan fingerprint density at radius 1 is 0.971 bits per heavy atom. The van der Waals surface area contributed by atoms with Crippen molar-refractivity contribution < 1.29 is 19.1 Å². The van der Waals surface area contributed by atoms with E-state index in [9.17, 15) is 9.59 Å². The molecule has 2 amide bonds. The predicted molar refractivity (Wildman–Crippen MR) is 135 cm³/mol. The zero-order valence-corrected chi connectivity index (χ0v) is 20.0. The molecule has 1 aliphatic rings. The van der Waals surface area contributed by atoms with Crippen LogP contribution < -0.4 is 5.32 Å². The number of hydrogen-bond donors (Lipinski definition) is 1. The fourth-order valence-electron chi connectivity index (χ4n) is 4.52. The molecular formula is C29H32N2O4. The van der Waals surface area contributed by atoms with Crippen LogP contribution in [-0.4, -0.2) is 49.8 Å². The molecule has 0 spiro atoms. The molecule has 2 atom stereocenters. The zero-order valence-electron chi connectivity index (χ0n) is 20.0.